The molecule has 2 aromatic rings. The van der Waals surface area contributed by atoms with E-state index < -0.39 is 5.54 Å². The van der Waals surface area contributed by atoms with E-state index in [9.17, 15) is 5.11 Å². The van der Waals surface area contributed by atoms with Gasteiger partial charge in [0.25, 0.3) is 0 Å². The molecule has 90 valence electrons. The molecule has 17 heavy (non-hydrogen) atoms. The zero-order valence-electron chi connectivity index (χ0n) is 9.76. The van der Waals surface area contributed by atoms with Crippen molar-refractivity contribution in [3.8, 4) is 0 Å². The zero-order valence-corrected chi connectivity index (χ0v) is 10.6. The lowest BCUT2D eigenvalue weighted by Gasteiger charge is -2.26. The summed E-state index contributed by atoms with van der Waals surface area (Å²) < 4.78 is 0. The molecule has 1 atom stereocenters. The normalized spacial score (nSPS) is 14.5. The lowest BCUT2D eigenvalue weighted by Crippen LogP contribution is -2.42. The Morgan fingerprint density at radius 1 is 1.35 bits per heavy atom. The van der Waals surface area contributed by atoms with Crippen molar-refractivity contribution in [3.63, 3.8) is 0 Å². The van der Waals surface area contributed by atoms with Crippen LogP contribution in [0.5, 0.6) is 0 Å². The molecule has 4 heteroatoms. The second-order valence-electron chi connectivity index (χ2n) is 4.17. The SMILES string of the molecule is CC(CO)(NCc1ccccc1)c1nccs1. The highest BCUT2D eigenvalue weighted by atomic mass is 32.1. The zero-order chi connectivity index (χ0) is 12.1. The molecular formula is C13H16N2OS. The van der Waals surface area contributed by atoms with Crippen molar-refractivity contribution >= 4 is 11.3 Å². The Hall–Kier alpha value is -1.23. The first-order valence-corrected chi connectivity index (χ1v) is 6.42. The summed E-state index contributed by atoms with van der Waals surface area (Å²) in [6.07, 6.45) is 1.76. The van der Waals surface area contributed by atoms with Gasteiger partial charge < -0.3 is 5.11 Å². The van der Waals surface area contributed by atoms with Gasteiger partial charge in [-0.3, -0.25) is 5.32 Å². The summed E-state index contributed by atoms with van der Waals surface area (Å²) in [4.78, 5) is 4.27. The number of aliphatic hydroxyl groups excluding tert-OH is 1. The Labute approximate surface area is 105 Å². The van der Waals surface area contributed by atoms with Crippen molar-refractivity contribution in [2.24, 2.45) is 0 Å². The first-order valence-electron chi connectivity index (χ1n) is 5.54. The third kappa shape index (κ3) is 2.91. The number of hydrogen-bond donors (Lipinski definition) is 2. The quantitative estimate of drug-likeness (QED) is 0.852. The van der Waals surface area contributed by atoms with E-state index in [0.717, 1.165) is 11.6 Å². The summed E-state index contributed by atoms with van der Waals surface area (Å²) in [6.45, 7) is 2.72. The number of rotatable bonds is 5. The Bertz CT molecular complexity index is 444. The fourth-order valence-corrected chi connectivity index (χ4v) is 2.36. The van der Waals surface area contributed by atoms with E-state index in [0.29, 0.717) is 0 Å². The van der Waals surface area contributed by atoms with E-state index in [1.54, 1.807) is 17.5 Å². The van der Waals surface area contributed by atoms with Crippen LogP contribution in [0.4, 0.5) is 0 Å². The average Bonchev–Trinajstić information content (AvgIpc) is 2.92. The van der Waals surface area contributed by atoms with Gasteiger partial charge in [0.1, 0.15) is 5.01 Å². The molecule has 0 saturated heterocycles. The summed E-state index contributed by atoms with van der Waals surface area (Å²) in [5, 5.41) is 15.7. The lowest BCUT2D eigenvalue weighted by atomic mass is 10.0. The minimum Gasteiger partial charge on any atom is -0.394 e. The fourth-order valence-electron chi connectivity index (χ4n) is 1.59. The van der Waals surface area contributed by atoms with Gasteiger partial charge >= 0.3 is 0 Å². The fraction of sp³-hybridized carbons (Fsp3) is 0.308. The highest BCUT2D eigenvalue weighted by Gasteiger charge is 2.27. The molecule has 0 aliphatic heterocycles. The van der Waals surface area contributed by atoms with E-state index in [1.807, 2.05) is 30.5 Å². The van der Waals surface area contributed by atoms with Crippen molar-refractivity contribution < 1.29 is 5.11 Å². The predicted molar refractivity (Wildman–Crippen MR) is 69.8 cm³/mol. The maximum Gasteiger partial charge on any atom is 0.115 e. The summed E-state index contributed by atoms with van der Waals surface area (Å²) in [7, 11) is 0. The monoisotopic (exact) mass is 248 g/mol. The van der Waals surface area contributed by atoms with Gasteiger partial charge in [-0.1, -0.05) is 30.3 Å². The number of aromatic nitrogens is 1. The van der Waals surface area contributed by atoms with Crippen LogP contribution in [-0.4, -0.2) is 16.7 Å². The van der Waals surface area contributed by atoms with E-state index in [4.69, 9.17) is 0 Å². The van der Waals surface area contributed by atoms with Crippen LogP contribution >= 0.6 is 11.3 Å². The molecule has 0 aliphatic carbocycles. The van der Waals surface area contributed by atoms with Gasteiger partial charge in [-0.2, -0.15) is 0 Å². The van der Waals surface area contributed by atoms with Gasteiger partial charge in [0.15, 0.2) is 0 Å². The number of thiazole rings is 1. The summed E-state index contributed by atoms with van der Waals surface area (Å²) in [5.41, 5.74) is 0.730. The van der Waals surface area contributed by atoms with E-state index in [-0.39, 0.29) is 6.61 Å². The van der Waals surface area contributed by atoms with Crippen LogP contribution in [-0.2, 0) is 12.1 Å². The molecule has 1 unspecified atom stereocenters. The number of aliphatic hydroxyl groups is 1. The lowest BCUT2D eigenvalue weighted by molar-refractivity contribution is 0.173. The second kappa shape index (κ2) is 5.40. The number of hydrogen-bond acceptors (Lipinski definition) is 4. The molecule has 3 nitrogen and oxygen atoms in total. The Balaban J connectivity index is 2.06. The molecule has 0 aliphatic rings. The van der Waals surface area contributed by atoms with Gasteiger partial charge in [0.05, 0.1) is 12.1 Å². The second-order valence-corrected chi connectivity index (χ2v) is 5.06. The largest absolute Gasteiger partial charge is 0.394 e. The van der Waals surface area contributed by atoms with Crippen molar-refractivity contribution in [2.45, 2.75) is 19.0 Å². The van der Waals surface area contributed by atoms with Crippen LogP contribution in [0.15, 0.2) is 41.9 Å². The van der Waals surface area contributed by atoms with Crippen LogP contribution < -0.4 is 5.32 Å². The predicted octanol–water partition coefficient (Wildman–Crippen LogP) is 2.14. The molecule has 0 saturated carbocycles. The van der Waals surface area contributed by atoms with Gasteiger partial charge in [-0.15, -0.1) is 11.3 Å². The van der Waals surface area contributed by atoms with E-state index in [2.05, 4.69) is 22.4 Å². The molecule has 0 spiro atoms. The molecule has 0 amide bonds. The molecule has 0 fully saturated rings. The van der Waals surface area contributed by atoms with Crippen molar-refractivity contribution in [1.82, 2.24) is 10.3 Å². The Morgan fingerprint density at radius 2 is 2.12 bits per heavy atom. The number of nitrogens with one attached hydrogen (secondary N) is 1. The standard InChI is InChI=1S/C13H16N2OS/c1-13(10-16,12-14-7-8-17-12)15-9-11-5-3-2-4-6-11/h2-8,15-16H,9-10H2,1H3. The van der Waals surface area contributed by atoms with Crippen LogP contribution in [0.1, 0.15) is 17.5 Å². The first kappa shape index (κ1) is 12.2. The van der Waals surface area contributed by atoms with Crippen LogP contribution in [0, 0.1) is 0 Å². The van der Waals surface area contributed by atoms with E-state index >= 15 is 0 Å². The first-order chi connectivity index (χ1) is 8.24. The summed E-state index contributed by atoms with van der Waals surface area (Å²) >= 11 is 1.56. The molecule has 1 aromatic carbocycles. The summed E-state index contributed by atoms with van der Waals surface area (Å²) in [5.74, 6) is 0. The molecular weight excluding hydrogens is 232 g/mol. The molecule has 1 heterocycles. The maximum absolute atomic E-state index is 9.54. The third-order valence-corrected chi connectivity index (χ3v) is 3.78. The van der Waals surface area contributed by atoms with Crippen LogP contribution in [0.25, 0.3) is 0 Å². The van der Waals surface area contributed by atoms with Gasteiger partial charge in [-0.25, -0.2) is 4.98 Å². The summed E-state index contributed by atoms with van der Waals surface area (Å²) in [6, 6.07) is 10.1. The van der Waals surface area contributed by atoms with Gasteiger partial charge in [0.2, 0.25) is 0 Å². The van der Waals surface area contributed by atoms with Crippen molar-refractivity contribution in [2.75, 3.05) is 6.61 Å². The Morgan fingerprint density at radius 3 is 2.71 bits per heavy atom. The Kier molecular flexibility index (Phi) is 3.89. The molecule has 1 aromatic heterocycles. The van der Waals surface area contributed by atoms with Crippen LogP contribution in [0.2, 0.25) is 0 Å². The van der Waals surface area contributed by atoms with Crippen LogP contribution in [0.3, 0.4) is 0 Å². The molecule has 2 N–H and O–H groups in total. The smallest absolute Gasteiger partial charge is 0.115 e. The molecule has 0 radical (unpaired) electrons. The topological polar surface area (TPSA) is 45.1 Å². The number of nitrogens with zero attached hydrogens (tertiary/aromatic N) is 1. The van der Waals surface area contributed by atoms with E-state index in [1.165, 1.54) is 5.56 Å². The van der Waals surface area contributed by atoms with Gasteiger partial charge in [-0.05, 0) is 12.5 Å². The minimum atomic E-state index is -0.468. The molecule has 2 rings (SSSR count). The molecule has 0 bridgehead atoms. The van der Waals surface area contributed by atoms with Gasteiger partial charge in [0, 0.05) is 18.1 Å². The average molecular weight is 248 g/mol. The maximum atomic E-state index is 9.54. The minimum absolute atomic E-state index is 0.0351. The third-order valence-electron chi connectivity index (χ3n) is 2.75. The van der Waals surface area contributed by atoms with Crippen molar-refractivity contribution in [3.05, 3.63) is 52.5 Å². The number of benzene rings is 1. The highest BCUT2D eigenvalue weighted by Crippen LogP contribution is 2.22. The van der Waals surface area contributed by atoms with Crippen molar-refractivity contribution in [1.29, 1.82) is 0 Å². The highest BCUT2D eigenvalue weighted by molar-refractivity contribution is 7.09.